The molecule has 0 fully saturated rings. The molecule has 0 spiro atoms. The first kappa shape index (κ1) is 15.2. The summed E-state index contributed by atoms with van der Waals surface area (Å²) in [6.45, 7) is 0. The molecule has 0 bridgehead atoms. The van der Waals surface area contributed by atoms with Gasteiger partial charge in [0.1, 0.15) is 0 Å². The van der Waals surface area contributed by atoms with Gasteiger partial charge in [0.25, 0.3) is 0 Å². The molecule has 2 N–H and O–H groups in total. The van der Waals surface area contributed by atoms with E-state index in [-0.39, 0.29) is 37.1 Å². The largest absolute Gasteiger partial charge is 1.00 e. The van der Waals surface area contributed by atoms with Gasteiger partial charge < -0.3 is 11.2 Å². The molecular weight excluding hydrogens is 244 g/mol. The second kappa shape index (κ2) is 6.69. The van der Waals surface area contributed by atoms with Crippen LogP contribution in [0, 0.1) is 0 Å². The van der Waals surface area contributed by atoms with E-state index in [0.29, 0.717) is 11.3 Å². The summed E-state index contributed by atoms with van der Waals surface area (Å²) >= 11 is 4.41. The molecule has 7 heteroatoms. The zero-order chi connectivity index (χ0) is 10.6. The molecule has 0 aromatic heterocycles. The van der Waals surface area contributed by atoms with Crippen LogP contribution in [0.4, 0.5) is 5.69 Å². The topological polar surface area (TPSA) is 69.9 Å². The van der Waals surface area contributed by atoms with Crippen molar-refractivity contribution >= 4 is 30.7 Å². The molecule has 0 saturated carbocycles. The molecule has 0 saturated heterocycles. The van der Waals surface area contributed by atoms with Crippen LogP contribution in [-0.4, -0.2) is 14.9 Å². The minimum Gasteiger partial charge on any atom is -1.00 e. The molecule has 0 atom stereocenters. The van der Waals surface area contributed by atoms with Crippen molar-refractivity contribution in [2.45, 2.75) is 6.16 Å². The first-order chi connectivity index (χ1) is 6.51. The number of aliphatic imine (C=N–C) groups is 1. The molecule has 0 radical (unpaired) electrons. The van der Waals surface area contributed by atoms with Crippen molar-refractivity contribution < 1.29 is 45.3 Å². The second-order valence-corrected chi connectivity index (χ2v) is 4.52. The number of hydrogen-bond donors (Lipinski definition) is 2. The summed E-state index contributed by atoms with van der Waals surface area (Å²) in [6, 6.07) is 6.46. The third-order valence-electron chi connectivity index (χ3n) is 1.50. The summed E-state index contributed by atoms with van der Waals surface area (Å²) in [7, 11) is -3.98. The summed E-state index contributed by atoms with van der Waals surface area (Å²) < 4.78 is 10.7. The first-order valence-electron chi connectivity index (χ1n) is 3.73. The van der Waals surface area contributed by atoms with E-state index < -0.39 is 7.60 Å². The predicted octanol–water partition coefficient (Wildman–Crippen LogP) is -0.785. The minimum atomic E-state index is -3.98. The van der Waals surface area contributed by atoms with Gasteiger partial charge in [-0.1, -0.05) is 12.1 Å². The van der Waals surface area contributed by atoms with Crippen molar-refractivity contribution in [1.82, 2.24) is 0 Å². The molecule has 1 aromatic rings. The van der Waals surface area contributed by atoms with Crippen molar-refractivity contribution in [1.29, 1.82) is 0 Å². The van der Waals surface area contributed by atoms with Crippen molar-refractivity contribution in [2.75, 3.05) is 0 Å². The molecule has 1 rings (SSSR count). The Bertz CT molecular complexity index is 416. The molecule has 0 aliphatic rings. The normalized spacial score (nSPS) is 10.0. The van der Waals surface area contributed by atoms with Gasteiger partial charge in [-0.3, -0.25) is 4.57 Å². The van der Waals surface area contributed by atoms with E-state index >= 15 is 0 Å². The van der Waals surface area contributed by atoms with Crippen LogP contribution >= 0.6 is 19.8 Å². The standard InChI is InChI=1S/C8H8NO3PS.Na.H/c10-13(11,12)5-7-1-3-8(4-2-7)9-6-14;;/h1-4H,5H2,(H2,10,11,12);;/q;+1;-1. The van der Waals surface area contributed by atoms with E-state index in [4.69, 9.17) is 9.79 Å². The second-order valence-electron chi connectivity index (χ2n) is 2.69. The van der Waals surface area contributed by atoms with E-state index in [2.05, 4.69) is 22.4 Å². The van der Waals surface area contributed by atoms with E-state index in [1.807, 2.05) is 0 Å². The minimum absolute atomic E-state index is 0. The molecule has 15 heavy (non-hydrogen) atoms. The van der Waals surface area contributed by atoms with Crippen molar-refractivity contribution in [2.24, 2.45) is 4.99 Å². The van der Waals surface area contributed by atoms with Gasteiger partial charge in [0.2, 0.25) is 0 Å². The molecule has 0 heterocycles. The molecule has 0 aliphatic heterocycles. The Kier molecular flexibility index (Phi) is 6.76. The molecular formula is C8H9NNaO3PS. The maximum atomic E-state index is 10.7. The smallest absolute Gasteiger partial charge is 1.00 e. The Morgan fingerprint density at radius 2 is 1.93 bits per heavy atom. The number of isothiocyanates is 1. The van der Waals surface area contributed by atoms with Crippen molar-refractivity contribution in [3.63, 3.8) is 0 Å². The van der Waals surface area contributed by atoms with Gasteiger partial charge in [-0.25, -0.2) is 0 Å². The van der Waals surface area contributed by atoms with Gasteiger partial charge in [-0.2, -0.15) is 4.99 Å². The zero-order valence-electron chi connectivity index (χ0n) is 9.12. The summed E-state index contributed by atoms with van der Waals surface area (Å²) in [5.74, 6) is 0. The van der Waals surface area contributed by atoms with Gasteiger partial charge in [0.15, 0.2) is 0 Å². The van der Waals surface area contributed by atoms with Crippen LogP contribution in [0.1, 0.15) is 6.99 Å². The monoisotopic (exact) mass is 253 g/mol. The molecule has 76 valence electrons. The number of hydrogen-bond acceptors (Lipinski definition) is 3. The third kappa shape index (κ3) is 6.36. The zero-order valence-corrected chi connectivity index (χ0v) is 11.8. The summed E-state index contributed by atoms with van der Waals surface area (Å²) in [4.78, 5) is 21.1. The molecule has 0 unspecified atom stereocenters. The molecule has 4 nitrogen and oxygen atoms in total. The molecule has 0 amide bonds. The number of thiocarbonyl (C=S) groups is 1. The van der Waals surface area contributed by atoms with Crippen LogP contribution in [0.15, 0.2) is 29.3 Å². The fourth-order valence-corrected chi connectivity index (χ4v) is 1.76. The van der Waals surface area contributed by atoms with Crippen LogP contribution < -0.4 is 29.6 Å². The average Bonchev–Trinajstić information content (AvgIpc) is 2.06. The van der Waals surface area contributed by atoms with E-state index in [0.717, 1.165) is 0 Å². The van der Waals surface area contributed by atoms with Gasteiger partial charge in [0.05, 0.1) is 17.0 Å². The van der Waals surface area contributed by atoms with E-state index in [1.165, 1.54) is 0 Å². The Labute approximate surface area is 116 Å². The van der Waals surface area contributed by atoms with Crippen molar-refractivity contribution in [3.8, 4) is 0 Å². The fraction of sp³-hybridized carbons (Fsp3) is 0.125. The van der Waals surface area contributed by atoms with Gasteiger partial charge >= 0.3 is 37.2 Å². The van der Waals surface area contributed by atoms with E-state index in [1.54, 1.807) is 24.3 Å². The Morgan fingerprint density at radius 3 is 2.33 bits per heavy atom. The van der Waals surface area contributed by atoms with Crippen LogP contribution in [0.2, 0.25) is 0 Å². The maximum Gasteiger partial charge on any atom is 1.00 e. The van der Waals surface area contributed by atoms with Gasteiger partial charge in [0, 0.05) is 0 Å². The number of nitrogens with zero attached hydrogens (tertiary/aromatic N) is 1. The van der Waals surface area contributed by atoms with Gasteiger partial charge in [-0.15, -0.1) is 0 Å². The SMILES string of the molecule is O=P(O)(O)Cc1ccc(N=C=S)cc1.[H-].[Na+]. The average molecular weight is 253 g/mol. The third-order valence-corrected chi connectivity index (χ3v) is 2.37. The summed E-state index contributed by atoms with van der Waals surface area (Å²) in [6.07, 6.45) is -0.255. The molecule has 0 aliphatic carbocycles. The van der Waals surface area contributed by atoms with E-state index in [9.17, 15) is 4.57 Å². The van der Waals surface area contributed by atoms with Crippen LogP contribution in [0.5, 0.6) is 0 Å². The summed E-state index contributed by atoms with van der Waals surface area (Å²) in [5, 5.41) is 2.21. The fourth-order valence-electron chi connectivity index (χ4n) is 0.966. The Hall–Kier alpha value is 0.170. The molecule has 1 aromatic carbocycles. The van der Waals surface area contributed by atoms with Crippen LogP contribution in [0.3, 0.4) is 0 Å². The maximum absolute atomic E-state index is 10.7. The number of benzene rings is 1. The summed E-state index contributed by atoms with van der Waals surface area (Å²) in [5.41, 5.74) is 1.19. The predicted molar refractivity (Wildman–Crippen MR) is 58.0 cm³/mol. The van der Waals surface area contributed by atoms with Crippen LogP contribution in [0.25, 0.3) is 0 Å². The van der Waals surface area contributed by atoms with Gasteiger partial charge in [-0.05, 0) is 29.9 Å². The first-order valence-corrected chi connectivity index (χ1v) is 5.93. The Morgan fingerprint density at radius 1 is 1.40 bits per heavy atom. The quantitative estimate of drug-likeness (QED) is 0.321. The Balaban J connectivity index is 0. The number of rotatable bonds is 3. The van der Waals surface area contributed by atoms with Crippen molar-refractivity contribution in [3.05, 3.63) is 29.8 Å². The van der Waals surface area contributed by atoms with Crippen LogP contribution in [-0.2, 0) is 10.7 Å².